The first-order chi connectivity index (χ1) is 3.18. The fraction of sp³-hybridized carbons (Fsp3) is 0. The SMILES string of the molecule is O=PC(=S)[S-](=S)=S. The Bertz CT molecular complexity index is 149. The molecule has 0 atom stereocenters. The Morgan fingerprint density at radius 3 is 2.00 bits per heavy atom. The zero-order valence-electron chi connectivity index (χ0n) is 2.99. The van der Waals surface area contributed by atoms with Gasteiger partial charge in [0.15, 0.2) is 8.46 Å². The molecule has 0 aromatic carbocycles. The van der Waals surface area contributed by atoms with Gasteiger partial charge in [0.25, 0.3) is 0 Å². The molecule has 0 radical (unpaired) electrons. The summed E-state index contributed by atoms with van der Waals surface area (Å²) in [6, 6.07) is 0. The maximum Gasteiger partial charge on any atom is 0.176 e. The van der Waals surface area contributed by atoms with Crippen molar-refractivity contribution in [3.05, 3.63) is 0 Å². The summed E-state index contributed by atoms with van der Waals surface area (Å²) in [6.45, 7) is 0. The lowest BCUT2D eigenvalue weighted by Gasteiger charge is -1.88. The summed E-state index contributed by atoms with van der Waals surface area (Å²) in [5.41, 5.74) is 0. The Kier molecular flexibility index (Phi) is 4.47. The van der Waals surface area contributed by atoms with Crippen molar-refractivity contribution in [2.24, 2.45) is 0 Å². The molecular formula is COPS4-. The van der Waals surface area contributed by atoms with Gasteiger partial charge in [-0.1, -0.05) is 0 Å². The third-order valence-electron chi connectivity index (χ3n) is 0.217. The lowest BCUT2D eigenvalue weighted by molar-refractivity contribution is 0.604. The Hall–Kier alpha value is 0.980. The minimum Gasteiger partial charge on any atom is -0.302 e. The van der Waals surface area contributed by atoms with Gasteiger partial charge in [0.2, 0.25) is 0 Å². The van der Waals surface area contributed by atoms with Gasteiger partial charge in [0.1, 0.15) is 0 Å². The topological polar surface area (TPSA) is 17.1 Å². The fourth-order valence-corrected chi connectivity index (χ4v) is 0.822. The molecule has 1 nitrogen and oxygen atoms in total. The van der Waals surface area contributed by atoms with Gasteiger partial charge >= 0.3 is 0 Å². The highest BCUT2D eigenvalue weighted by Crippen LogP contribution is 1.96. The van der Waals surface area contributed by atoms with Gasteiger partial charge < -0.3 is 8.01 Å². The quantitative estimate of drug-likeness (QED) is 0.347. The van der Waals surface area contributed by atoms with E-state index in [2.05, 4.69) is 34.6 Å². The molecule has 40 valence electrons. The van der Waals surface area contributed by atoms with E-state index < -0.39 is 8.01 Å². The number of hydrogen-bond acceptors (Lipinski definition) is 5. The van der Waals surface area contributed by atoms with E-state index in [0.29, 0.717) is 0 Å². The van der Waals surface area contributed by atoms with Crippen molar-refractivity contribution >= 4 is 55.0 Å². The molecule has 0 aliphatic heterocycles. The third-order valence-corrected chi connectivity index (χ3v) is 4.52. The van der Waals surface area contributed by atoms with Crippen LogP contribution in [0, 0.1) is 0 Å². The highest BCUT2D eigenvalue weighted by molar-refractivity contribution is 8.59. The van der Waals surface area contributed by atoms with Gasteiger partial charge in [0.05, 0.1) is 0 Å². The second kappa shape index (κ2) is 3.92. The summed E-state index contributed by atoms with van der Waals surface area (Å²) < 4.78 is 10.0. The van der Waals surface area contributed by atoms with Gasteiger partial charge in [-0.05, 0) is 0 Å². The molecule has 0 aromatic rings. The lowest BCUT2D eigenvalue weighted by atomic mass is 11.9. The number of hydrogen-bond donors (Lipinski definition) is 0. The molecule has 0 aliphatic carbocycles. The predicted molar refractivity (Wildman–Crippen MR) is 42.3 cm³/mol. The summed E-state index contributed by atoms with van der Waals surface area (Å²) in [4.78, 5) is 0. The molecule has 0 aromatic heterocycles. The summed E-state index contributed by atoms with van der Waals surface area (Å²) in [6.07, 6.45) is 0. The van der Waals surface area contributed by atoms with E-state index in [4.69, 9.17) is 0 Å². The van der Waals surface area contributed by atoms with Crippen molar-refractivity contribution in [3.63, 3.8) is 0 Å². The Morgan fingerprint density at radius 2 is 2.00 bits per heavy atom. The first kappa shape index (κ1) is 7.98. The Balaban J connectivity index is 4.10. The summed E-state index contributed by atoms with van der Waals surface area (Å²) >= 11 is 13.4. The highest BCUT2D eigenvalue weighted by Gasteiger charge is 1.72. The monoisotopic (exact) mass is 187 g/mol. The minimum absolute atomic E-state index is 0.192. The average Bonchev–Trinajstić information content (AvgIpc) is 1.65. The van der Waals surface area contributed by atoms with Crippen LogP contribution in [-0.2, 0) is 35.0 Å². The average molecular weight is 187 g/mol. The van der Waals surface area contributed by atoms with E-state index in [0.717, 1.165) is 0 Å². The van der Waals surface area contributed by atoms with Crippen molar-refractivity contribution in [1.29, 1.82) is 0 Å². The summed E-state index contributed by atoms with van der Waals surface area (Å²) in [5, 5.41) is 0. The molecule has 0 rings (SSSR count). The molecule has 0 bridgehead atoms. The normalized spacial score (nSPS) is 9.86. The third kappa shape index (κ3) is 3.55. The number of thiocarbonyl (C=S) groups is 1. The molecule has 7 heavy (non-hydrogen) atoms. The van der Waals surface area contributed by atoms with Crippen LogP contribution in [0.3, 0.4) is 0 Å². The molecule has 6 heteroatoms. The number of rotatable bonds is 1. The predicted octanol–water partition coefficient (Wildman–Crippen LogP) is 1.11. The molecule has 0 heterocycles. The Labute approximate surface area is 59.5 Å². The molecule has 0 N–H and O–H groups in total. The van der Waals surface area contributed by atoms with Crippen molar-refractivity contribution in [1.82, 2.24) is 0 Å². The van der Waals surface area contributed by atoms with Crippen LogP contribution in [0.5, 0.6) is 0 Å². The molecule has 0 saturated carbocycles. The van der Waals surface area contributed by atoms with Gasteiger partial charge in [-0.3, -0.25) is 26.9 Å². The van der Waals surface area contributed by atoms with Crippen LogP contribution in [0.4, 0.5) is 0 Å². The van der Waals surface area contributed by atoms with Crippen LogP contribution in [-0.4, -0.2) is 3.94 Å². The lowest BCUT2D eigenvalue weighted by Crippen LogP contribution is -1.76. The van der Waals surface area contributed by atoms with E-state index in [9.17, 15) is 4.57 Å². The smallest absolute Gasteiger partial charge is 0.176 e. The first-order valence-corrected chi connectivity index (χ1v) is 5.44. The van der Waals surface area contributed by atoms with Crippen LogP contribution < -0.4 is 0 Å². The second-order valence-corrected chi connectivity index (χ2v) is 6.00. The minimum atomic E-state index is -0.787. The maximum absolute atomic E-state index is 9.78. The molecule has 0 fully saturated rings. The zero-order chi connectivity index (χ0) is 5.86. The molecule has 0 amide bonds. The van der Waals surface area contributed by atoms with Gasteiger partial charge in [-0.25, -0.2) is 0 Å². The van der Waals surface area contributed by atoms with Gasteiger partial charge in [0, 0.05) is 3.94 Å². The van der Waals surface area contributed by atoms with Crippen molar-refractivity contribution in [2.45, 2.75) is 0 Å². The highest BCUT2D eigenvalue weighted by atomic mass is 33.1. The second-order valence-electron chi connectivity index (χ2n) is 0.592. The fourth-order valence-electron chi connectivity index (χ4n) is 0.0304. The van der Waals surface area contributed by atoms with Crippen LogP contribution >= 0.6 is 20.7 Å². The standard InChI is InChI=1S/COPS4/c2-3-1(4)7(5)6/q-1. The molecule has 0 saturated heterocycles. The van der Waals surface area contributed by atoms with E-state index in [-0.39, 0.29) is 12.4 Å². The van der Waals surface area contributed by atoms with Gasteiger partial charge in [-0.15, -0.1) is 12.2 Å². The molecule has 0 unspecified atom stereocenters. The molecule has 0 aliphatic rings. The first-order valence-electron chi connectivity index (χ1n) is 1.15. The molecular weight excluding hydrogens is 187 g/mol. The largest absolute Gasteiger partial charge is 0.302 e. The van der Waals surface area contributed by atoms with Crippen molar-refractivity contribution in [2.75, 3.05) is 0 Å². The van der Waals surface area contributed by atoms with Crippen molar-refractivity contribution < 1.29 is 4.57 Å². The molecule has 0 spiro atoms. The van der Waals surface area contributed by atoms with Gasteiger partial charge in [-0.2, -0.15) is 0 Å². The van der Waals surface area contributed by atoms with E-state index in [1.165, 1.54) is 0 Å². The van der Waals surface area contributed by atoms with Crippen LogP contribution in [0.15, 0.2) is 0 Å². The van der Waals surface area contributed by atoms with E-state index in [1.807, 2.05) is 0 Å². The van der Waals surface area contributed by atoms with Crippen LogP contribution in [0.2, 0.25) is 0 Å². The van der Waals surface area contributed by atoms with E-state index in [1.54, 1.807) is 0 Å². The Morgan fingerprint density at radius 1 is 1.57 bits per heavy atom. The zero-order valence-corrected chi connectivity index (χ0v) is 7.15. The summed E-state index contributed by atoms with van der Waals surface area (Å²) in [7, 11) is -0.979. The van der Waals surface area contributed by atoms with E-state index >= 15 is 0 Å². The maximum atomic E-state index is 9.78. The summed E-state index contributed by atoms with van der Waals surface area (Å²) in [5.74, 6) is 0. The van der Waals surface area contributed by atoms with Crippen LogP contribution in [0.1, 0.15) is 0 Å². The van der Waals surface area contributed by atoms with Crippen LogP contribution in [0.25, 0.3) is 0 Å². The van der Waals surface area contributed by atoms with Crippen molar-refractivity contribution in [3.8, 4) is 0 Å².